The van der Waals surface area contributed by atoms with Crippen LogP contribution in [0.3, 0.4) is 0 Å². The lowest BCUT2D eigenvalue weighted by molar-refractivity contribution is -0.140. The van der Waals surface area contributed by atoms with Crippen LogP contribution >= 0.6 is 0 Å². The van der Waals surface area contributed by atoms with Gasteiger partial charge in [0.15, 0.2) is 0 Å². The van der Waals surface area contributed by atoms with Crippen molar-refractivity contribution in [3.05, 3.63) is 29.1 Å². The summed E-state index contributed by atoms with van der Waals surface area (Å²) in [6.07, 6.45) is 0.402. The fraction of sp³-hybridized carbons (Fsp3) is 0.500. The summed E-state index contributed by atoms with van der Waals surface area (Å²) in [5, 5.41) is 0. The molecule has 0 saturated heterocycles. The van der Waals surface area contributed by atoms with Gasteiger partial charge in [-0.1, -0.05) is 13.8 Å². The molecule has 0 radical (unpaired) electrons. The predicted molar refractivity (Wildman–Crippen MR) is 78.1 cm³/mol. The Kier molecular flexibility index (Phi) is 6.89. The SMILES string of the molecule is CCC(CC(C)C(=O)Oc1c(F)c(F)c(F)c(F)c1F)C(=O)N(C)C. The minimum Gasteiger partial charge on any atom is -0.420 e. The van der Waals surface area contributed by atoms with Gasteiger partial charge in [0, 0.05) is 20.0 Å². The molecule has 9 heteroatoms. The summed E-state index contributed by atoms with van der Waals surface area (Å²) in [5.74, 6) is -15.9. The summed E-state index contributed by atoms with van der Waals surface area (Å²) < 4.78 is 70.6. The van der Waals surface area contributed by atoms with Crippen LogP contribution in [-0.2, 0) is 9.59 Å². The van der Waals surface area contributed by atoms with Gasteiger partial charge in [-0.3, -0.25) is 9.59 Å². The molecule has 0 bridgehead atoms. The lowest BCUT2D eigenvalue weighted by Gasteiger charge is -2.21. The lowest BCUT2D eigenvalue weighted by Crippen LogP contribution is -2.32. The van der Waals surface area contributed by atoms with Crippen LogP contribution in [0.2, 0.25) is 0 Å². The number of carbonyl (C=O) groups is 2. The molecule has 4 nitrogen and oxygen atoms in total. The van der Waals surface area contributed by atoms with E-state index in [1.54, 1.807) is 6.92 Å². The highest BCUT2D eigenvalue weighted by Crippen LogP contribution is 2.30. The van der Waals surface area contributed by atoms with Crippen molar-refractivity contribution in [3.8, 4) is 5.75 Å². The van der Waals surface area contributed by atoms with E-state index < -0.39 is 52.6 Å². The average molecular weight is 367 g/mol. The molecule has 0 aliphatic rings. The maximum absolute atomic E-state index is 13.5. The zero-order chi connectivity index (χ0) is 19.5. The minimum atomic E-state index is -2.34. The topological polar surface area (TPSA) is 46.6 Å². The monoisotopic (exact) mass is 367 g/mol. The standard InChI is InChI=1S/C16H18F5NO3/c1-5-8(15(23)22(3)4)6-7(2)16(24)25-14-12(20)10(18)9(17)11(19)13(14)21/h7-8H,5-6H2,1-4H3. The zero-order valence-corrected chi connectivity index (χ0v) is 14.1. The Morgan fingerprint density at radius 2 is 1.40 bits per heavy atom. The number of amides is 1. The molecular formula is C16H18F5NO3. The maximum atomic E-state index is 13.5. The van der Waals surface area contributed by atoms with Crippen LogP contribution in [-0.4, -0.2) is 30.9 Å². The van der Waals surface area contributed by atoms with Crippen molar-refractivity contribution in [3.63, 3.8) is 0 Å². The van der Waals surface area contributed by atoms with E-state index in [1.165, 1.54) is 25.9 Å². The van der Waals surface area contributed by atoms with Gasteiger partial charge in [0.2, 0.25) is 40.7 Å². The van der Waals surface area contributed by atoms with Crippen molar-refractivity contribution < 1.29 is 36.3 Å². The first-order valence-electron chi connectivity index (χ1n) is 7.47. The summed E-state index contributed by atoms with van der Waals surface area (Å²) >= 11 is 0. The summed E-state index contributed by atoms with van der Waals surface area (Å²) in [4.78, 5) is 25.2. The normalized spacial score (nSPS) is 13.3. The Labute approximate surface area is 141 Å². The van der Waals surface area contributed by atoms with Gasteiger partial charge >= 0.3 is 5.97 Å². The molecule has 0 aliphatic carbocycles. The van der Waals surface area contributed by atoms with Gasteiger partial charge in [-0.15, -0.1) is 0 Å². The molecule has 1 rings (SSSR count). The van der Waals surface area contributed by atoms with E-state index in [0.717, 1.165) is 0 Å². The van der Waals surface area contributed by atoms with Gasteiger partial charge in [0.1, 0.15) is 0 Å². The molecule has 0 N–H and O–H groups in total. The highest BCUT2D eigenvalue weighted by Gasteiger charge is 2.31. The van der Waals surface area contributed by atoms with Crippen LogP contribution in [0, 0.1) is 40.9 Å². The number of hydrogen-bond donors (Lipinski definition) is 0. The van der Waals surface area contributed by atoms with Gasteiger partial charge in [0.25, 0.3) is 0 Å². The van der Waals surface area contributed by atoms with E-state index in [1.807, 2.05) is 0 Å². The van der Waals surface area contributed by atoms with Gasteiger partial charge in [-0.2, -0.15) is 8.78 Å². The molecule has 0 heterocycles. The second-order valence-electron chi connectivity index (χ2n) is 5.79. The van der Waals surface area contributed by atoms with Crippen molar-refractivity contribution in [1.82, 2.24) is 4.90 Å². The molecule has 25 heavy (non-hydrogen) atoms. The third-order valence-corrected chi connectivity index (χ3v) is 3.70. The van der Waals surface area contributed by atoms with E-state index in [0.29, 0.717) is 6.42 Å². The van der Waals surface area contributed by atoms with Crippen molar-refractivity contribution in [2.45, 2.75) is 26.7 Å². The van der Waals surface area contributed by atoms with Crippen LogP contribution in [0.4, 0.5) is 22.0 Å². The Hall–Kier alpha value is -2.19. The van der Waals surface area contributed by atoms with E-state index in [4.69, 9.17) is 0 Å². The molecule has 0 aliphatic heterocycles. The van der Waals surface area contributed by atoms with Crippen molar-refractivity contribution in [2.24, 2.45) is 11.8 Å². The first kappa shape index (κ1) is 20.9. The van der Waals surface area contributed by atoms with Crippen molar-refractivity contribution >= 4 is 11.9 Å². The Morgan fingerprint density at radius 1 is 0.960 bits per heavy atom. The summed E-state index contributed by atoms with van der Waals surface area (Å²) in [7, 11) is 3.06. The smallest absolute Gasteiger partial charge is 0.314 e. The Balaban J connectivity index is 2.98. The molecular weight excluding hydrogens is 349 g/mol. The highest BCUT2D eigenvalue weighted by atomic mass is 19.2. The van der Waals surface area contributed by atoms with E-state index in [2.05, 4.69) is 4.74 Å². The third kappa shape index (κ3) is 4.46. The Bertz CT molecular complexity index is 649. The number of ether oxygens (including phenoxy) is 1. The number of rotatable bonds is 6. The van der Waals surface area contributed by atoms with Crippen LogP contribution in [0.25, 0.3) is 0 Å². The molecule has 1 aromatic rings. The van der Waals surface area contributed by atoms with Crippen LogP contribution < -0.4 is 4.74 Å². The number of nitrogens with zero attached hydrogens (tertiary/aromatic N) is 1. The molecule has 1 aromatic carbocycles. The largest absolute Gasteiger partial charge is 0.420 e. The number of hydrogen-bond acceptors (Lipinski definition) is 3. The number of esters is 1. The van der Waals surface area contributed by atoms with Gasteiger partial charge in [-0.05, 0) is 12.8 Å². The van der Waals surface area contributed by atoms with Crippen molar-refractivity contribution in [1.29, 1.82) is 0 Å². The third-order valence-electron chi connectivity index (χ3n) is 3.70. The van der Waals surface area contributed by atoms with Gasteiger partial charge < -0.3 is 9.64 Å². The zero-order valence-electron chi connectivity index (χ0n) is 14.1. The Morgan fingerprint density at radius 3 is 1.80 bits per heavy atom. The first-order valence-corrected chi connectivity index (χ1v) is 7.47. The quantitative estimate of drug-likeness (QED) is 0.254. The van der Waals surface area contributed by atoms with E-state index >= 15 is 0 Å². The minimum absolute atomic E-state index is 0.00173. The summed E-state index contributed by atoms with van der Waals surface area (Å²) in [6.45, 7) is 3.05. The number of benzene rings is 1. The molecule has 0 spiro atoms. The lowest BCUT2D eigenvalue weighted by atomic mass is 9.92. The van der Waals surface area contributed by atoms with Crippen molar-refractivity contribution in [2.75, 3.05) is 14.1 Å². The average Bonchev–Trinajstić information content (AvgIpc) is 2.58. The second kappa shape index (κ2) is 8.26. The molecule has 140 valence electrons. The summed E-state index contributed by atoms with van der Waals surface area (Å²) in [5.41, 5.74) is 0. The molecule has 2 atom stereocenters. The molecule has 1 amide bonds. The number of carbonyl (C=O) groups excluding carboxylic acids is 2. The van der Waals surface area contributed by atoms with Gasteiger partial charge in [-0.25, -0.2) is 13.2 Å². The number of halogens is 5. The maximum Gasteiger partial charge on any atom is 0.314 e. The predicted octanol–water partition coefficient (Wildman–Crippen LogP) is 3.43. The highest BCUT2D eigenvalue weighted by molar-refractivity contribution is 5.80. The molecule has 0 aromatic heterocycles. The molecule has 2 unspecified atom stereocenters. The van der Waals surface area contributed by atoms with E-state index in [-0.39, 0.29) is 12.3 Å². The fourth-order valence-corrected chi connectivity index (χ4v) is 2.21. The van der Waals surface area contributed by atoms with Crippen LogP contribution in [0.5, 0.6) is 5.75 Å². The fourth-order valence-electron chi connectivity index (χ4n) is 2.21. The molecule has 0 saturated carbocycles. The van der Waals surface area contributed by atoms with Crippen LogP contribution in [0.15, 0.2) is 0 Å². The molecule has 0 fully saturated rings. The van der Waals surface area contributed by atoms with Crippen LogP contribution in [0.1, 0.15) is 26.7 Å². The van der Waals surface area contributed by atoms with E-state index in [9.17, 15) is 31.5 Å². The first-order chi connectivity index (χ1) is 11.5. The summed E-state index contributed by atoms with van der Waals surface area (Å²) in [6, 6.07) is 0. The second-order valence-corrected chi connectivity index (χ2v) is 5.79. The van der Waals surface area contributed by atoms with Gasteiger partial charge in [0.05, 0.1) is 5.92 Å².